The molecule has 0 aliphatic carbocycles. The van der Waals surface area contributed by atoms with E-state index in [2.05, 4.69) is 48.4 Å². The SMILES string of the molecule is Cc1ccc2c(Cl)c(C(=O)Nc3nc(-c4ccc(CC(C)C)cc4)cs3)sc2c1. The van der Waals surface area contributed by atoms with Crippen molar-refractivity contribution < 1.29 is 4.79 Å². The lowest BCUT2D eigenvalue weighted by Gasteiger charge is -2.05. The molecule has 0 spiro atoms. The Morgan fingerprint density at radius 2 is 1.93 bits per heavy atom. The number of aromatic nitrogens is 1. The van der Waals surface area contributed by atoms with E-state index in [0.717, 1.165) is 33.3 Å². The van der Waals surface area contributed by atoms with Crippen LogP contribution in [0, 0.1) is 12.8 Å². The molecular weight excluding hydrogens is 420 g/mol. The number of anilines is 1. The van der Waals surface area contributed by atoms with Crippen LogP contribution in [0.15, 0.2) is 47.8 Å². The first-order chi connectivity index (χ1) is 13.9. The Labute approximate surface area is 183 Å². The number of aryl methyl sites for hydroxylation is 1. The van der Waals surface area contributed by atoms with Crippen LogP contribution in [0.5, 0.6) is 0 Å². The van der Waals surface area contributed by atoms with Gasteiger partial charge in [0.15, 0.2) is 5.13 Å². The minimum Gasteiger partial charge on any atom is -0.297 e. The van der Waals surface area contributed by atoms with Crippen LogP contribution < -0.4 is 5.32 Å². The van der Waals surface area contributed by atoms with E-state index >= 15 is 0 Å². The molecule has 2 heterocycles. The largest absolute Gasteiger partial charge is 0.297 e. The molecule has 4 aromatic rings. The van der Waals surface area contributed by atoms with Crippen molar-refractivity contribution in [1.29, 1.82) is 0 Å². The highest BCUT2D eigenvalue weighted by Crippen LogP contribution is 2.36. The fourth-order valence-electron chi connectivity index (χ4n) is 3.22. The van der Waals surface area contributed by atoms with Crippen LogP contribution in [0.4, 0.5) is 5.13 Å². The van der Waals surface area contributed by atoms with Crippen LogP contribution in [0.2, 0.25) is 5.02 Å². The van der Waals surface area contributed by atoms with Gasteiger partial charge >= 0.3 is 0 Å². The molecule has 2 aromatic heterocycles. The monoisotopic (exact) mass is 440 g/mol. The van der Waals surface area contributed by atoms with E-state index in [4.69, 9.17) is 11.6 Å². The maximum Gasteiger partial charge on any atom is 0.269 e. The maximum atomic E-state index is 12.8. The molecule has 0 saturated carbocycles. The normalized spacial score (nSPS) is 11.3. The Hall–Kier alpha value is -2.21. The van der Waals surface area contributed by atoms with Crippen LogP contribution in [-0.4, -0.2) is 10.9 Å². The topological polar surface area (TPSA) is 42.0 Å². The minimum atomic E-state index is -0.220. The van der Waals surface area contributed by atoms with Crippen molar-refractivity contribution in [3.63, 3.8) is 0 Å². The molecule has 0 fully saturated rings. The Morgan fingerprint density at radius 3 is 2.66 bits per heavy atom. The number of thiazole rings is 1. The summed E-state index contributed by atoms with van der Waals surface area (Å²) in [6.07, 6.45) is 1.06. The molecule has 3 nitrogen and oxygen atoms in total. The van der Waals surface area contributed by atoms with Gasteiger partial charge < -0.3 is 0 Å². The number of fused-ring (bicyclic) bond motifs is 1. The molecular formula is C23H21ClN2OS2. The van der Waals surface area contributed by atoms with Crippen LogP contribution in [0.25, 0.3) is 21.3 Å². The van der Waals surface area contributed by atoms with Gasteiger partial charge in [-0.2, -0.15) is 0 Å². The number of carbonyl (C=O) groups excluding carboxylic acids is 1. The van der Waals surface area contributed by atoms with Gasteiger partial charge in [-0.15, -0.1) is 22.7 Å². The van der Waals surface area contributed by atoms with E-state index in [1.165, 1.54) is 28.2 Å². The summed E-state index contributed by atoms with van der Waals surface area (Å²) in [6, 6.07) is 14.5. The highest BCUT2D eigenvalue weighted by atomic mass is 35.5. The third kappa shape index (κ3) is 4.37. The van der Waals surface area contributed by atoms with E-state index in [9.17, 15) is 4.79 Å². The number of thiophene rings is 1. The number of benzene rings is 2. The zero-order chi connectivity index (χ0) is 20.5. The highest BCUT2D eigenvalue weighted by Gasteiger charge is 2.18. The molecule has 2 aromatic carbocycles. The van der Waals surface area contributed by atoms with Gasteiger partial charge in [-0.3, -0.25) is 10.1 Å². The van der Waals surface area contributed by atoms with Crippen LogP contribution in [0.3, 0.4) is 0 Å². The summed E-state index contributed by atoms with van der Waals surface area (Å²) in [5.74, 6) is 0.411. The van der Waals surface area contributed by atoms with Crippen LogP contribution in [0.1, 0.15) is 34.6 Å². The Bertz CT molecular complexity index is 1180. The maximum absolute atomic E-state index is 12.8. The number of halogens is 1. The summed E-state index contributed by atoms with van der Waals surface area (Å²) in [4.78, 5) is 17.9. The smallest absolute Gasteiger partial charge is 0.269 e. The zero-order valence-corrected chi connectivity index (χ0v) is 18.8. The molecule has 0 radical (unpaired) electrons. The van der Waals surface area contributed by atoms with E-state index < -0.39 is 0 Å². The van der Waals surface area contributed by atoms with Crippen LogP contribution in [-0.2, 0) is 6.42 Å². The Balaban J connectivity index is 1.52. The standard InChI is InChI=1S/C23H21ClN2OS2/c1-13(2)10-15-5-7-16(8-6-15)18-12-28-23(25-18)26-22(27)21-20(24)17-9-4-14(3)11-19(17)29-21/h4-9,11-13H,10H2,1-3H3,(H,25,26,27). The van der Waals surface area contributed by atoms with Crippen molar-refractivity contribution in [3.8, 4) is 11.3 Å². The fourth-order valence-corrected chi connectivity index (χ4v) is 5.44. The molecule has 1 amide bonds. The van der Waals surface area contributed by atoms with Gasteiger partial charge in [0.1, 0.15) is 4.88 Å². The van der Waals surface area contributed by atoms with Gasteiger partial charge in [0.05, 0.1) is 10.7 Å². The second-order valence-corrected chi connectivity index (χ2v) is 9.82. The number of nitrogens with one attached hydrogen (secondary N) is 1. The quantitative estimate of drug-likeness (QED) is 0.350. The van der Waals surface area contributed by atoms with E-state index in [-0.39, 0.29) is 5.91 Å². The Morgan fingerprint density at radius 1 is 1.17 bits per heavy atom. The summed E-state index contributed by atoms with van der Waals surface area (Å²) in [6.45, 7) is 6.46. The lowest BCUT2D eigenvalue weighted by molar-refractivity contribution is 0.103. The van der Waals surface area contributed by atoms with E-state index in [1.807, 2.05) is 30.5 Å². The van der Waals surface area contributed by atoms with Crippen molar-refractivity contribution in [3.05, 3.63) is 68.9 Å². The molecule has 148 valence electrons. The number of nitrogens with zero attached hydrogens (tertiary/aromatic N) is 1. The van der Waals surface area contributed by atoms with Crippen molar-refractivity contribution in [2.24, 2.45) is 5.92 Å². The first-order valence-corrected chi connectivity index (χ1v) is 11.5. The molecule has 29 heavy (non-hydrogen) atoms. The van der Waals surface area contributed by atoms with Gasteiger partial charge in [-0.25, -0.2) is 4.98 Å². The average molecular weight is 441 g/mol. The second-order valence-electron chi connectivity index (χ2n) is 7.53. The van der Waals surface area contributed by atoms with Gasteiger partial charge in [0, 0.05) is 21.0 Å². The number of carbonyl (C=O) groups is 1. The number of hydrogen-bond acceptors (Lipinski definition) is 4. The Kier molecular flexibility index (Phi) is 5.72. The summed E-state index contributed by atoms with van der Waals surface area (Å²) in [7, 11) is 0. The molecule has 0 saturated heterocycles. The summed E-state index contributed by atoms with van der Waals surface area (Å²) in [5, 5.41) is 6.84. The molecule has 0 bridgehead atoms. The first kappa shape index (κ1) is 20.1. The predicted octanol–water partition coefficient (Wildman–Crippen LogP) is 7.44. The lowest BCUT2D eigenvalue weighted by atomic mass is 10.0. The third-order valence-corrected chi connectivity index (χ3v) is 7.02. The van der Waals surface area contributed by atoms with Crippen molar-refractivity contribution >= 4 is 55.4 Å². The van der Waals surface area contributed by atoms with Gasteiger partial charge in [-0.05, 0) is 36.5 Å². The number of amides is 1. The molecule has 0 atom stereocenters. The molecule has 0 aliphatic rings. The molecule has 1 N–H and O–H groups in total. The van der Waals surface area contributed by atoms with Crippen molar-refractivity contribution in [2.75, 3.05) is 5.32 Å². The lowest BCUT2D eigenvalue weighted by Crippen LogP contribution is -2.10. The molecule has 0 aliphatic heterocycles. The summed E-state index contributed by atoms with van der Waals surface area (Å²) >= 11 is 9.28. The second kappa shape index (κ2) is 8.27. The van der Waals surface area contributed by atoms with Gasteiger partial charge in [0.25, 0.3) is 5.91 Å². The fraction of sp³-hybridized carbons (Fsp3) is 0.217. The first-order valence-electron chi connectivity index (χ1n) is 9.45. The van der Waals surface area contributed by atoms with Gasteiger partial charge in [0.2, 0.25) is 0 Å². The van der Waals surface area contributed by atoms with Crippen LogP contribution >= 0.6 is 34.3 Å². The molecule has 6 heteroatoms. The van der Waals surface area contributed by atoms with E-state index in [1.54, 1.807) is 0 Å². The van der Waals surface area contributed by atoms with Gasteiger partial charge in [-0.1, -0.05) is 61.8 Å². The summed E-state index contributed by atoms with van der Waals surface area (Å²) in [5.41, 5.74) is 4.37. The molecule has 4 rings (SSSR count). The number of rotatable bonds is 5. The highest BCUT2D eigenvalue weighted by molar-refractivity contribution is 7.22. The van der Waals surface area contributed by atoms with Crippen molar-refractivity contribution in [1.82, 2.24) is 4.98 Å². The number of hydrogen-bond donors (Lipinski definition) is 1. The minimum absolute atomic E-state index is 0.220. The zero-order valence-electron chi connectivity index (χ0n) is 16.5. The summed E-state index contributed by atoms with van der Waals surface area (Å²) < 4.78 is 1.02. The average Bonchev–Trinajstić information content (AvgIpc) is 3.26. The third-order valence-electron chi connectivity index (χ3n) is 4.61. The van der Waals surface area contributed by atoms with E-state index in [0.29, 0.717) is 20.9 Å². The van der Waals surface area contributed by atoms with Crippen molar-refractivity contribution in [2.45, 2.75) is 27.2 Å². The molecule has 0 unspecified atom stereocenters. The predicted molar refractivity (Wildman–Crippen MR) is 126 cm³/mol.